The molecule has 0 radical (unpaired) electrons. The van der Waals surface area contributed by atoms with Gasteiger partial charge < -0.3 is 19.9 Å². The Labute approximate surface area is 146 Å². The molecule has 24 heavy (non-hydrogen) atoms. The summed E-state index contributed by atoms with van der Waals surface area (Å²) in [5.41, 5.74) is -0.461. The summed E-state index contributed by atoms with van der Waals surface area (Å²) in [5, 5.41) is 5.90. The molecule has 1 aromatic heterocycles. The molecule has 3 rings (SSSR count). The van der Waals surface area contributed by atoms with Crippen molar-refractivity contribution in [3.8, 4) is 0 Å². The Balaban J connectivity index is 1.40. The van der Waals surface area contributed by atoms with Crippen LogP contribution in [0, 0.1) is 0 Å². The first-order valence-corrected chi connectivity index (χ1v) is 9.12. The first-order chi connectivity index (χ1) is 11.3. The van der Waals surface area contributed by atoms with Crippen molar-refractivity contribution in [2.24, 2.45) is 0 Å². The predicted octanol–water partition coefficient (Wildman–Crippen LogP) is 1.57. The van der Waals surface area contributed by atoms with E-state index >= 15 is 0 Å². The molecule has 8 heteroatoms. The van der Waals surface area contributed by atoms with Crippen LogP contribution in [-0.4, -0.2) is 70.6 Å². The molecule has 2 aliphatic heterocycles. The summed E-state index contributed by atoms with van der Waals surface area (Å²) in [7, 11) is 0. The number of thiazole rings is 1. The Kier molecular flexibility index (Phi) is 4.78. The lowest BCUT2D eigenvalue weighted by atomic mass is 10.1. The Bertz CT molecular complexity index is 593. The zero-order valence-electron chi connectivity index (χ0n) is 14.3. The van der Waals surface area contributed by atoms with Crippen LogP contribution in [0.1, 0.15) is 37.0 Å². The van der Waals surface area contributed by atoms with Crippen molar-refractivity contribution >= 4 is 23.3 Å². The predicted molar refractivity (Wildman–Crippen MR) is 91.2 cm³/mol. The van der Waals surface area contributed by atoms with Gasteiger partial charge in [-0.15, -0.1) is 11.3 Å². The number of carbonyl (C=O) groups is 2. The average Bonchev–Trinajstić information content (AvgIpc) is 3.11. The smallest absolute Gasteiger partial charge is 0.410 e. The molecule has 0 aromatic carbocycles. The van der Waals surface area contributed by atoms with E-state index in [2.05, 4.69) is 10.3 Å². The highest BCUT2D eigenvalue weighted by Crippen LogP contribution is 2.19. The second-order valence-electron chi connectivity index (χ2n) is 7.32. The van der Waals surface area contributed by atoms with Crippen LogP contribution in [0.15, 0.2) is 11.6 Å². The van der Waals surface area contributed by atoms with Crippen LogP contribution in [0.25, 0.3) is 0 Å². The first-order valence-electron chi connectivity index (χ1n) is 8.24. The standard InChI is InChI=1S/C16H24N4O3S/c1-16(2,3)23-15(22)20-9-12(10-20)18-11-4-6-19(8-11)14(21)13-17-5-7-24-13/h5,7,11-12,18H,4,6,8-10H2,1-3H3. The van der Waals surface area contributed by atoms with Crippen molar-refractivity contribution in [3.63, 3.8) is 0 Å². The minimum Gasteiger partial charge on any atom is -0.444 e. The molecule has 0 bridgehead atoms. The third-order valence-corrected chi connectivity index (χ3v) is 4.86. The molecule has 2 fully saturated rings. The largest absolute Gasteiger partial charge is 0.444 e. The summed E-state index contributed by atoms with van der Waals surface area (Å²) < 4.78 is 5.35. The molecule has 1 atom stereocenters. The summed E-state index contributed by atoms with van der Waals surface area (Å²) in [6.45, 7) is 8.37. The molecule has 2 amide bonds. The van der Waals surface area contributed by atoms with Gasteiger partial charge in [-0.25, -0.2) is 9.78 Å². The summed E-state index contributed by atoms with van der Waals surface area (Å²) >= 11 is 1.38. The van der Waals surface area contributed by atoms with Crippen molar-refractivity contribution in [2.75, 3.05) is 26.2 Å². The number of hydrogen-bond donors (Lipinski definition) is 1. The number of ether oxygens (including phenoxy) is 1. The van der Waals surface area contributed by atoms with Crippen LogP contribution in [-0.2, 0) is 4.74 Å². The minimum atomic E-state index is -0.461. The van der Waals surface area contributed by atoms with Gasteiger partial charge in [-0.05, 0) is 27.2 Å². The van der Waals surface area contributed by atoms with E-state index < -0.39 is 5.60 Å². The van der Waals surface area contributed by atoms with E-state index in [0.717, 1.165) is 13.0 Å². The van der Waals surface area contributed by atoms with Gasteiger partial charge >= 0.3 is 6.09 Å². The van der Waals surface area contributed by atoms with E-state index in [-0.39, 0.29) is 24.1 Å². The Hall–Kier alpha value is -1.67. The molecule has 0 spiro atoms. The van der Waals surface area contributed by atoms with Gasteiger partial charge in [0.15, 0.2) is 5.01 Å². The second-order valence-corrected chi connectivity index (χ2v) is 8.22. The van der Waals surface area contributed by atoms with Crippen LogP contribution >= 0.6 is 11.3 Å². The third-order valence-electron chi connectivity index (χ3n) is 4.10. The number of aromatic nitrogens is 1. The fourth-order valence-electron chi connectivity index (χ4n) is 2.94. The molecule has 1 aromatic rings. The van der Waals surface area contributed by atoms with Crippen molar-refractivity contribution < 1.29 is 14.3 Å². The third kappa shape index (κ3) is 4.05. The van der Waals surface area contributed by atoms with E-state index in [1.165, 1.54) is 11.3 Å². The molecule has 2 aliphatic rings. The SMILES string of the molecule is CC(C)(C)OC(=O)N1CC(NC2CCN(C(=O)c3nccs3)C2)C1. The highest BCUT2D eigenvalue weighted by Gasteiger charge is 2.36. The average molecular weight is 352 g/mol. The summed E-state index contributed by atoms with van der Waals surface area (Å²) in [6, 6.07) is 0.553. The van der Waals surface area contributed by atoms with E-state index in [9.17, 15) is 9.59 Å². The highest BCUT2D eigenvalue weighted by atomic mass is 32.1. The minimum absolute atomic E-state index is 0.0123. The molecule has 1 unspecified atom stereocenters. The van der Waals surface area contributed by atoms with Crippen LogP contribution < -0.4 is 5.32 Å². The zero-order valence-corrected chi connectivity index (χ0v) is 15.1. The summed E-state index contributed by atoms with van der Waals surface area (Å²) in [5.74, 6) is 0.0123. The molecule has 1 N–H and O–H groups in total. The zero-order chi connectivity index (χ0) is 17.3. The van der Waals surface area contributed by atoms with E-state index in [4.69, 9.17) is 4.74 Å². The molecule has 132 valence electrons. The van der Waals surface area contributed by atoms with E-state index in [1.807, 2.05) is 31.1 Å². The van der Waals surface area contributed by atoms with Gasteiger partial charge in [-0.2, -0.15) is 0 Å². The molecule has 0 saturated carbocycles. The van der Waals surface area contributed by atoms with Gasteiger partial charge in [0.1, 0.15) is 5.60 Å². The Morgan fingerprint density at radius 1 is 1.25 bits per heavy atom. The van der Waals surface area contributed by atoms with Crippen molar-refractivity contribution in [1.82, 2.24) is 20.1 Å². The van der Waals surface area contributed by atoms with Crippen molar-refractivity contribution in [3.05, 3.63) is 16.6 Å². The summed E-state index contributed by atoms with van der Waals surface area (Å²) in [4.78, 5) is 31.8. The molecular weight excluding hydrogens is 328 g/mol. The van der Waals surface area contributed by atoms with Gasteiger partial charge in [-0.1, -0.05) is 0 Å². The number of carbonyl (C=O) groups excluding carboxylic acids is 2. The molecular formula is C16H24N4O3S. The van der Waals surface area contributed by atoms with Crippen LogP contribution in [0.3, 0.4) is 0 Å². The maximum absolute atomic E-state index is 12.3. The van der Waals surface area contributed by atoms with E-state index in [1.54, 1.807) is 11.1 Å². The second kappa shape index (κ2) is 6.68. The molecule has 3 heterocycles. The number of likely N-dealkylation sites (tertiary alicyclic amines) is 2. The topological polar surface area (TPSA) is 74.8 Å². The van der Waals surface area contributed by atoms with Crippen molar-refractivity contribution in [1.29, 1.82) is 0 Å². The fourth-order valence-corrected chi connectivity index (χ4v) is 3.54. The Morgan fingerprint density at radius 2 is 1.96 bits per heavy atom. The maximum Gasteiger partial charge on any atom is 0.410 e. The van der Waals surface area contributed by atoms with Gasteiger partial charge in [0.25, 0.3) is 5.91 Å². The normalized spacial score (nSPS) is 21.7. The van der Waals surface area contributed by atoms with E-state index in [0.29, 0.717) is 24.6 Å². The van der Waals surface area contributed by atoms with Gasteiger partial charge in [0.05, 0.1) is 0 Å². The maximum atomic E-state index is 12.3. The Morgan fingerprint density at radius 3 is 2.58 bits per heavy atom. The van der Waals surface area contributed by atoms with Crippen LogP contribution in [0.5, 0.6) is 0 Å². The highest BCUT2D eigenvalue weighted by molar-refractivity contribution is 7.11. The first kappa shape index (κ1) is 17.2. The van der Waals surface area contributed by atoms with Crippen molar-refractivity contribution in [2.45, 2.75) is 44.9 Å². The van der Waals surface area contributed by atoms with Gasteiger partial charge in [-0.3, -0.25) is 4.79 Å². The lowest BCUT2D eigenvalue weighted by Crippen LogP contribution is -2.62. The molecule has 7 nitrogen and oxygen atoms in total. The van der Waals surface area contributed by atoms with Crippen LogP contribution in [0.4, 0.5) is 4.79 Å². The number of nitrogens with zero attached hydrogens (tertiary/aromatic N) is 3. The van der Waals surface area contributed by atoms with Gasteiger partial charge in [0.2, 0.25) is 0 Å². The number of rotatable bonds is 3. The van der Waals surface area contributed by atoms with Gasteiger partial charge in [0, 0.05) is 49.8 Å². The number of amides is 2. The number of hydrogen-bond acceptors (Lipinski definition) is 6. The molecule has 0 aliphatic carbocycles. The molecule has 2 saturated heterocycles. The monoisotopic (exact) mass is 352 g/mol. The summed E-state index contributed by atoms with van der Waals surface area (Å²) in [6.07, 6.45) is 2.33. The lowest BCUT2D eigenvalue weighted by Gasteiger charge is -2.41. The van der Waals surface area contributed by atoms with Crippen LogP contribution in [0.2, 0.25) is 0 Å². The number of nitrogens with one attached hydrogen (secondary N) is 1. The quantitative estimate of drug-likeness (QED) is 0.894. The lowest BCUT2D eigenvalue weighted by molar-refractivity contribution is 0.00431. The fraction of sp³-hybridized carbons (Fsp3) is 0.688.